The van der Waals surface area contributed by atoms with Crippen molar-refractivity contribution in [3.05, 3.63) is 0 Å². The number of rotatable bonds is 2. The Kier molecular flexibility index (Phi) is 2.54. The van der Waals surface area contributed by atoms with Gasteiger partial charge in [-0.25, -0.2) is 0 Å². The van der Waals surface area contributed by atoms with Crippen molar-refractivity contribution in [1.82, 2.24) is 9.80 Å². The molecule has 0 N–H and O–H groups in total. The minimum Gasteiger partial charge on any atom is -0.339 e. The first kappa shape index (κ1) is 9.00. The van der Waals surface area contributed by atoms with E-state index in [9.17, 15) is 4.79 Å². The first-order chi connectivity index (χ1) is 6.27. The molecule has 2 saturated heterocycles. The minimum absolute atomic E-state index is 0.338. The van der Waals surface area contributed by atoms with E-state index in [1.807, 2.05) is 4.90 Å². The minimum atomic E-state index is 0.338. The Hall–Kier alpha value is -0.570. The monoisotopic (exact) mass is 182 g/mol. The molecule has 1 unspecified atom stereocenters. The van der Waals surface area contributed by atoms with Gasteiger partial charge in [0.05, 0.1) is 6.54 Å². The molecule has 0 aromatic rings. The second-order valence-electron chi connectivity index (χ2n) is 4.21. The number of hydrogen-bond donors (Lipinski definition) is 0. The van der Waals surface area contributed by atoms with Crippen LogP contribution in [0.1, 0.15) is 26.2 Å². The maximum Gasteiger partial charge on any atom is 0.236 e. The zero-order chi connectivity index (χ0) is 9.26. The van der Waals surface area contributed by atoms with Crippen LogP contribution in [0.15, 0.2) is 0 Å². The van der Waals surface area contributed by atoms with Crippen LogP contribution in [0.3, 0.4) is 0 Å². The van der Waals surface area contributed by atoms with E-state index in [-0.39, 0.29) is 0 Å². The Bertz CT molecular complexity index is 201. The van der Waals surface area contributed by atoms with Crippen molar-refractivity contribution in [2.75, 3.05) is 26.2 Å². The number of likely N-dealkylation sites (tertiary alicyclic amines) is 2. The molecule has 2 aliphatic rings. The fraction of sp³-hybridized carbons (Fsp3) is 0.900. The van der Waals surface area contributed by atoms with E-state index in [2.05, 4.69) is 11.8 Å². The number of amides is 1. The van der Waals surface area contributed by atoms with E-state index in [0.29, 0.717) is 18.5 Å². The normalized spacial score (nSPS) is 29.0. The Labute approximate surface area is 79.7 Å². The lowest BCUT2D eigenvalue weighted by Crippen LogP contribution is -2.46. The van der Waals surface area contributed by atoms with Crippen LogP contribution in [0.5, 0.6) is 0 Å². The molecule has 2 aliphatic heterocycles. The Morgan fingerprint density at radius 3 is 2.54 bits per heavy atom. The van der Waals surface area contributed by atoms with Gasteiger partial charge in [0.15, 0.2) is 0 Å². The van der Waals surface area contributed by atoms with Crippen LogP contribution in [-0.4, -0.2) is 47.9 Å². The molecule has 3 nitrogen and oxygen atoms in total. The predicted octanol–water partition coefficient (Wildman–Crippen LogP) is 0.703. The van der Waals surface area contributed by atoms with Crippen molar-refractivity contribution in [2.24, 2.45) is 0 Å². The molecule has 0 aliphatic carbocycles. The van der Waals surface area contributed by atoms with Crippen molar-refractivity contribution in [3.63, 3.8) is 0 Å². The molecule has 0 spiro atoms. The summed E-state index contributed by atoms with van der Waals surface area (Å²) in [6.07, 6.45) is 3.64. The zero-order valence-electron chi connectivity index (χ0n) is 8.33. The van der Waals surface area contributed by atoms with E-state index in [1.165, 1.54) is 19.3 Å². The summed E-state index contributed by atoms with van der Waals surface area (Å²) in [6.45, 7) is 6.03. The third-order valence-electron chi connectivity index (χ3n) is 3.18. The van der Waals surface area contributed by atoms with Gasteiger partial charge >= 0.3 is 0 Å². The van der Waals surface area contributed by atoms with Gasteiger partial charge in [0.2, 0.25) is 5.91 Å². The highest BCUT2D eigenvalue weighted by atomic mass is 16.2. The summed E-state index contributed by atoms with van der Waals surface area (Å²) in [4.78, 5) is 16.0. The van der Waals surface area contributed by atoms with E-state index < -0.39 is 0 Å². The van der Waals surface area contributed by atoms with Crippen molar-refractivity contribution in [1.29, 1.82) is 0 Å². The topological polar surface area (TPSA) is 23.6 Å². The average Bonchev–Trinajstić information content (AvgIpc) is 2.43. The standard InChI is InChI=1S/C10H18N2O/c1-9-4-2-7-12(9)10(13)8-11-5-3-6-11/h9H,2-8H2,1H3. The second-order valence-corrected chi connectivity index (χ2v) is 4.21. The number of carbonyl (C=O) groups excluding carboxylic acids is 1. The highest BCUT2D eigenvalue weighted by Gasteiger charge is 2.27. The summed E-state index contributed by atoms with van der Waals surface area (Å²) in [5.74, 6) is 0.338. The van der Waals surface area contributed by atoms with E-state index >= 15 is 0 Å². The fourth-order valence-corrected chi connectivity index (χ4v) is 2.13. The molecule has 3 heteroatoms. The van der Waals surface area contributed by atoms with Gasteiger partial charge in [-0.15, -0.1) is 0 Å². The maximum absolute atomic E-state index is 11.7. The summed E-state index contributed by atoms with van der Waals surface area (Å²) in [7, 11) is 0. The van der Waals surface area contributed by atoms with E-state index in [4.69, 9.17) is 0 Å². The summed E-state index contributed by atoms with van der Waals surface area (Å²) in [5, 5.41) is 0. The lowest BCUT2D eigenvalue weighted by molar-refractivity contribution is -0.133. The average molecular weight is 182 g/mol. The summed E-state index contributed by atoms with van der Waals surface area (Å²) in [5.41, 5.74) is 0. The van der Waals surface area contributed by atoms with Crippen LogP contribution in [0, 0.1) is 0 Å². The molecule has 2 fully saturated rings. The molecule has 1 amide bonds. The third kappa shape index (κ3) is 1.85. The Morgan fingerprint density at radius 1 is 1.31 bits per heavy atom. The first-order valence-electron chi connectivity index (χ1n) is 5.29. The highest BCUT2D eigenvalue weighted by Crippen LogP contribution is 2.17. The molecule has 1 atom stereocenters. The number of nitrogens with zero attached hydrogens (tertiary/aromatic N) is 2. The summed E-state index contributed by atoms with van der Waals surface area (Å²) in [6, 6.07) is 0.480. The number of carbonyl (C=O) groups is 1. The van der Waals surface area contributed by atoms with Gasteiger partial charge < -0.3 is 4.90 Å². The van der Waals surface area contributed by atoms with Gasteiger partial charge in [-0.05, 0) is 39.3 Å². The van der Waals surface area contributed by atoms with Crippen LogP contribution in [-0.2, 0) is 4.79 Å². The Morgan fingerprint density at radius 2 is 2.08 bits per heavy atom. The van der Waals surface area contributed by atoms with Gasteiger partial charge in [-0.3, -0.25) is 9.69 Å². The third-order valence-corrected chi connectivity index (χ3v) is 3.18. The molecule has 2 rings (SSSR count). The molecule has 0 saturated carbocycles. The molecule has 2 heterocycles. The van der Waals surface area contributed by atoms with Crippen LogP contribution in [0.2, 0.25) is 0 Å². The van der Waals surface area contributed by atoms with Gasteiger partial charge in [-0.1, -0.05) is 0 Å². The van der Waals surface area contributed by atoms with Crippen LogP contribution in [0.4, 0.5) is 0 Å². The molecule has 0 radical (unpaired) electrons. The van der Waals surface area contributed by atoms with Crippen LogP contribution in [0.25, 0.3) is 0 Å². The predicted molar refractivity (Wildman–Crippen MR) is 51.5 cm³/mol. The Balaban J connectivity index is 1.81. The second kappa shape index (κ2) is 3.66. The highest BCUT2D eigenvalue weighted by molar-refractivity contribution is 5.78. The van der Waals surface area contributed by atoms with Gasteiger partial charge in [0.1, 0.15) is 0 Å². The molecular weight excluding hydrogens is 164 g/mol. The smallest absolute Gasteiger partial charge is 0.236 e. The first-order valence-corrected chi connectivity index (χ1v) is 5.29. The van der Waals surface area contributed by atoms with E-state index in [0.717, 1.165) is 19.6 Å². The molecular formula is C10H18N2O. The molecule has 0 aromatic heterocycles. The molecule has 0 bridgehead atoms. The molecule has 74 valence electrons. The fourth-order valence-electron chi connectivity index (χ4n) is 2.13. The largest absolute Gasteiger partial charge is 0.339 e. The van der Waals surface area contributed by atoms with Gasteiger partial charge in [0.25, 0.3) is 0 Å². The summed E-state index contributed by atoms with van der Waals surface area (Å²) < 4.78 is 0. The summed E-state index contributed by atoms with van der Waals surface area (Å²) >= 11 is 0. The van der Waals surface area contributed by atoms with Gasteiger partial charge in [-0.2, -0.15) is 0 Å². The molecule has 13 heavy (non-hydrogen) atoms. The lowest BCUT2D eigenvalue weighted by atomic mass is 10.2. The zero-order valence-corrected chi connectivity index (χ0v) is 8.33. The number of hydrogen-bond acceptors (Lipinski definition) is 2. The van der Waals surface area contributed by atoms with Crippen molar-refractivity contribution < 1.29 is 4.79 Å². The van der Waals surface area contributed by atoms with Gasteiger partial charge in [0, 0.05) is 12.6 Å². The van der Waals surface area contributed by atoms with Crippen molar-refractivity contribution in [2.45, 2.75) is 32.2 Å². The van der Waals surface area contributed by atoms with Crippen LogP contribution < -0.4 is 0 Å². The van der Waals surface area contributed by atoms with Crippen molar-refractivity contribution >= 4 is 5.91 Å². The maximum atomic E-state index is 11.7. The van der Waals surface area contributed by atoms with Crippen molar-refractivity contribution in [3.8, 4) is 0 Å². The SMILES string of the molecule is CC1CCCN1C(=O)CN1CCC1. The quantitative estimate of drug-likeness (QED) is 0.627. The lowest BCUT2D eigenvalue weighted by Gasteiger charge is -2.32. The van der Waals surface area contributed by atoms with E-state index in [1.54, 1.807) is 0 Å². The molecule has 0 aromatic carbocycles. The van der Waals surface area contributed by atoms with Crippen LogP contribution >= 0.6 is 0 Å².